The maximum absolute atomic E-state index is 11.3. The Morgan fingerprint density at radius 2 is 1.54 bits per heavy atom. The van der Waals surface area contributed by atoms with Gasteiger partial charge in [0.1, 0.15) is 5.92 Å². The Labute approximate surface area is 159 Å². The van der Waals surface area contributed by atoms with Crippen molar-refractivity contribution < 1.29 is 15.0 Å². The van der Waals surface area contributed by atoms with Crippen LogP contribution in [0.2, 0.25) is 0 Å². The van der Waals surface area contributed by atoms with Crippen LogP contribution in [0.25, 0.3) is 11.1 Å². The molecule has 5 heteroatoms. The van der Waals surface area contributed by atoms with E-state index in [2.05, 4.69) is 4.90 Å². The van der Waals surface area contributed by atoms with Gasteiger partial charge in [-0.25, -0.2) is 0 Å². The summed E-state index contributed by atoms with van der Waals surface area (Å²) in [6.45, 7) is 3.30. The number of carboxylic acids is 1. The highest BCUT2D eigenvalue weighted by Crippen LogP contribution is 2.44. The lowest BCUT2D eigenvalue weighted by atomic mass is 9.97. The van der Waals surface area contributed by atoms with Crippen LogP contribution in [0, 0.1) is 5.92 Å². The van der Waals surface area contributed by atoms with Crippen molar-refractivity contribution in [1.29, 1.82) is 0 Å². The molecule has 5 rings (SSSR count). The number of benzene rings is 2. The number of aliphatic hydroxyl groups is 1. The van der Waals surface area contributed by atoms with Crippen molar-refractivity contribution in [2.24, 2.45) is 5.92 Å². The molecule has 3 atom stereocenters. The molecule has 2 fully saturated rings. The normalized spacial score (nSPS) is 25.3. The minimum atomic E-state index is -0.780. The molecular formula is C21H24ClNO3. The zero-order valence-electron chi connectivity index (χ0n) is 14.5. The summed E-state index contributed by atoms with van der Waals surface area (Å²) in [6, 6.07) is 15.4. The zero-order chi connectivity index (χ0) is 17.4. The van der Waals surface area contributed by atoms with Gasteiger partial charge < -0.3 is 15.1 Å². The van der Waals surface area contributed by atoms with E-state index in [-0.39, 0.29) is 18.5 Å². The number of hydrogen-bond acceptors (Lipinski definition) is 3. The predicted octanol–water partition coefficient (Wildman–Crippen LogP) is 3.38. The Kier molecular flexibility index (Phi) is 5.66. The molecule has 3 unspecified atom stereocenters. The number of hydrogen-bond donors (Lipinski definition) is 2. The van der Waals surface area contributed by atoms with E-state index in [1.54, 1.807) is 0 Å². The summed E-state index contributed by atoms with van der Waals surface area (Å²) in [4.78, 5) is 13.7. The molecule has 26 heavy (non-hydrogen) atoms. The van der Waals surface area contributed by atoms with Gasteiger partial charge in [-0.15, -0.1) is 12.4 Å². The molecule has 2 aromatic rings. The molecule has 0 saturated carbocycles. The van der Waals surface area contributed by atoms with Crippen molar-refractivity contribution in [3.63, 3.8) is 0 Å². The maximum Gasteiger partial charge on any atom is 0.315 e. The van der Waals surface area contributed by atoms with Gasteiger partial charge in [-0.1, -0.05) is 48.5 Å². The van der Waals surface area contributed by atoms with Crippen molar-refractivity contribution in [1.82, 2.24) is 4.90 Å². The minimum absolute atomic E-state index is 0. The molecule has 0 aromatic heterocycles. The molecule has 0 radical (unpaired) electrons. The first-order valence-corrected chi connectivity index (χ1v) is 8.96. The van der Waals surface area contributed by atoms with Crippen molar-refractivity contribution in [3.8, 4) is 11.1 Å². The first kappa shape index (κ1) is 18.9. The van der Waals surface area contributed by atoms with Crippen LogP contribution in [0.15, 0.2) is 48.5 Å². The van der Waals surface area contributed by atoms with Crippen molar-refractivity contribution >= 4 is 18.4 Å². The first-order valence-electron chi connectivity index (χ1n) is 8.96. The Morgan fingerprint density at radius 1 is 0.962 bits per heavy atom. The van der Waals surface area contributed by atoms with E-state index < -0.39 is 11.9 Å². The van der Waals surface area contributed by atoms with Gasteiger partial charge in [0.25, 0.3) is 0 Å². The second kappa shape index (κ2) is 7.78. The largest absolute Gasteiger partial charge is 0.481 e. The van der Waals surface area contributed by atoms with Crippen LogP contribution in [0.5, 0.6) is 0 Å². The number of halogens is 1. The molecule has 2 heterocycles. The molecule has 3 aliphatic rings. The minimum Gasteiger partial charge on any atom is -0.481 e. The summed E-state index contributed by atoms with van der Waals surface area (Å²) in [5, 5.41) is 18.7. The van der Waals surface area contributed by atoms with Crippen LogP contribution >= 0.6 is 12.4 Å². The Morgan fingerprint density at radius 3 is 2.04 bits per heavy atom. The number of carboxylic acid groups (broad SMARTS) is 1. The third kappa shape index (κ3) is 3.37. The SMILES string of the molecule is Cl.O=C(O)C1c2ccccc2-c2ccccc21.OC1CN2CCCC1C2. The van der Waals surface area contributed by atoms with Gasteiger partial charge in [0.05, 0.1) is 6.10 Å². The number of aliphatic hydroxyl groups excluding tert-OH is 1. The summed E-state index contributed by atoms with van der Waals surface area (Å²) in [7, 11) is 0. The number of fused-ring (bicyclic) bond motifs is 5. The van der Waals surface area contributed by atoms with E-state index >= 15 is 0 Å². The molecule has 2 N–H and O–H groups in total. The Balaban J connectivity index is 0.000000167. The van der Waals surface area contributed by atoms with Crippen LogP contribution in [0.3, 0.4) is 0 Å². The molecule has 138 valence electrons. The van der Waals surface area contributed by atoms with Gasteiger partial charge in [0.2, 0.25) is 0 Å². The van der Waals surface area contributed by atoms with Crippen LogP contribution in [0.1, 0.15) is 29.9 Å². The molecule has 1 aliphatic carbocycles. The standard InChI is InChI=1S/C14H10O2.C7H13NO.ClH/c15-14(16)13-11-7-3-1-5-9(11)10-6-2-4-8-12(10)13;9-7-5-8-3-1-2-6(7)4-8;/h1-8,13H,(H,15,16);6-7,9H,1-5H2;1H. The van der Waals surface area contributed by atoms with E-state index in [0.717, 1.165) is 35.3 Å². The second-order valence-electron chi connectivity index (χ2n) is 7.17. The topological polar surface area (TPSA) is 60.8 Å². The average molecular weight is 374 g/mol. The van der Waals surface area contributed by atoms with Gasteiger partial charge in [-0.2, -0.15) is 0 Å². The first-order chi connectivity index (χ1) is 12.1. The van der Waals surface area contributed by atoms with Crippen molar-refractivity contribution in [3.05, 3.63) is 59.7 Å². The molecule has 4 nitrogen and oxygen atoms in total. The Hall–Kier alpha value is -1.88. The van der Waals surface area contributed by atoms with Gasteiger partial charge >= 0.3 is 5.97 Å². The smallest absolute Gasteiger partial charge is 0.315 e. The molecule has 0 amide bonds. The lowest BCUT2D eigenvalue weighted by Gasteiger charge is -2.20. The average Bonchev–Trinajstić information content (AvgIpc) is 3.09. The highest BCUT2D eigenvalue weighted by atomic mass is 35.5. The van der Waals surface area contributed by atoms with E-state index in [4.69, 9.17) is 0 Å². The fourth-order valence-electron chi connectivity index (χ4n) is 4.41. The molecule has 2 aromatic carbocycles. The number of rotatable bonds is 1. The van der Waals surface area contributed by atoms with Gasteiger partial charge in [0.15, 0.2) is 0 Å². The maximum atomic E-state index is 11.3. The second-order valence-corrected chi connectivity index (χ2v) is 7.17. The van der Waals surface area contributed by atoms with Crippen LogP contribution < -0.4 is 0 Å². The molecular weight excluding hydrogens is 350 g/mol. The predicted molar refractivity (Wildman–Crippen MR) is 104 cm³/mol. The molecule has 2 saturated heterocycles. The van der Waals surface area contributed by atoms with Gasteiger partial charge in [-0.3, -0.25) is 4.79 Å². The van der Waals surface area contributed by atoms with Crippen LogP contribution in [0.4, 0.5) is 0 Å². The number of nitrogens with zero attached hydrogens (tertiary/aromatic N) is 1. The highest BCUT2D eigenvalue weighted by Gasteiger charge is 2.34. The van der Waals surface area contributed by atoms with E-state index in [1.165, 1.54) is 19.4 Å². The summed E-state index contributed by atoms with van der Waals surface area (Å²) in [5.74, 6) is -0.677. The summed E-state index contributed by atoms with van der Waals surface area (Å²) >= 11 is 0. The summed E-state index contributed by atoms with van der Waals surface area (Å²) < 4.78 is 0. The van der Waals surface area contributed by atoms with Gasteiger partial charge in [0, 0.05) is 13.1 Å². The Bertz CT molecular complexity index is 747. The lowest BCUT2D eigenvalue weighted by molar-refractivity contribution is -0.137. The van der Waals surface area contributed by atoms with E-state index in [1.807, 2.05) is 48.5 Å². The van der Waals surface area contributed by atoms with Crippen LogP contribution in [-0.4, -0.2) is 46.8 Å². The van der Waals surface area contributed by atoms with E-state index in [0.29, 0.717) is 5.92 Å². The fraction of sp³-hybridized carbons (Fsp3) is 0.381. The third-order valence-electron chi connectivity index (χ3n) is 5.61. The summed E-state index contributed by atoms with van der Waals surface area (Å²) in [6.07, 6.45) is 2.53. The zero-order valence-corrected chi connectivity index (χ0v) is 15.4. The van der Waals surface area contributed by atoms with Crippen LogP contribution in [-0.2, 0) is 4.79 Å². The van der Waals surface area contributed by atoms with E-state index in [9.17, 15) is 15.0 Å². The number of piperidine rings is 1. The monoisotopic (exact) mass is 373 g/mol. The van der Waals surface area contributed by atoms with Crippen molar-refractivity contribution in [2.45, 2.75) is 24.9 Å². The molecule has 0 spiro atoms. The van der Waals surface area contributed by atoms with Crippen molar-refractivity contribution in [2.75, 3.05) is 19.6 Å². The quantitative estimate of drug-likeness (QED) is 0.804. The number of carbonyl (C=O) groups is 1. The van der Waals surface area contributed by atoms with Gasteiger partial charge in [-0.05, 0) is 47.6 Å². The number of aliphatic carboxylic acids is 1. The molecule has 2 aliphatic heterocycles. The highest BCUT2D eigenvalue weighted by molar-refractivity contribution is 5.92. The summed E-state index contributed by atoms with van der Waals surface area (Å²) in [5.41, 5.74) is 3.89. The molecule has 2 bridgehead atoms. The third-order valence-corrected chi connectivity index (χ3v) is 5.61. The fourth-order valence-corrected chi connectivity index (χ4v) is 4.41. The lowest BCUT2D eigenvalue weighted by Crippen LogP contribution is -2.25.